The lowest BCUT2D eigenvalue weighted by molar-refractivity contribution is -0.109. The molecule has 25 heavy (non-hydrogen) atoms. The van der Waals surface area contributed by atoms with Gasteiger partial charge >= 0.3 is 0 Å². The number of rotatable bonds is 8. The van der Waals surface area contributed by atoms with Crippen LogP contribution in [0.15, 0.2) is 42.5 Å². The van der Waals surface area contributed by atoms with Gasteiger partial charge in [-0.15, -0.1) is 0 Å². The number of benzene rings is 2. The maximum Gasteiger partial charge on any atom is 0.251 e. The number of hydrogen-bond donors (Lipinski definition) is 3. The monoisotopic (exact) mass is 359 g/mol. The van der Waals surface area contributed by atoms with E-state index in [4.69, 9.17) is 4.74 Å². The molecule has 0 aliphatic heterocycles. The van der Waals surface area contributed by atoms with Gasteiger partial charge in [-0.25, -0.2) is 0 Å². The molecule has 0 spiro atoms. The fourth-order valence-corrected chi connectivity index (χ4v) is 2.24. The Bertz CT molecular complexity index is 761. The summed E-state index contributed by atoms with van der Waals surface area (Å²) >= 11 is 3.98. The lowest BCUT2D eigenvalue weighted by Crippen LogP contribution is -2.37. The quantitative estimate of drug-likeness (QED) is 0.495. The average Bonchev–Trinajstić information content (AvgIpc) is 2.64. The minimum Gasteiger partial charge on any atom is -0.507 e. The summed E-state index contributed by atoms with van der Waals surface area (Å²) in [5.74, 6) is -0.00727. The second-order valence-electron chi connectivity index (χ2n) is 5.19. The van der Waals surface area contributed by atoms with Gasteiger partial charge < -0.3 is 20.0 Å². The van der Waals surface area contributed by atoms with Gasteiger partial charge in [-0.1, -0.05) is 18.2 Å². The normalized spacial score (nSPS) is 11.4. The van der Waals surface area contributed by atoms with Crippen molar-refractivity contribution in [3.05, 3.63) is 59.2 Å². The summed E-state index contributed by atoms with van der Waals surface area (Å²) in [7, 11) is 0. The largest absolute Gasteiger partial charge is 0.507 e. The number of phenolic OH excluding ortho intramolecular Hbond substituents is 1. The predicted molar refractivity (Wildman–Crippen MR) is 95.4 cm³/mol. The number of nitrogens with one attached hydrogen (secondary N) is 1. The first kappa shape index (κ1) is 18.5. The fraction of sp³-hybridized carbons (Fsp3) is 0.167. The fourth-order valence-electron chi connectivity index (χ4n) is 2.06. The van der Waals surface area contributed by atoms with Crippen molar-refractivity contribution in [1.82, 2.24) is 5.32 Å². The van der Waals surface area contributed by atoms with Crippen molar-refractivity contribution in [3.8, 4) is 11.5 Å². The summed E-state index contributed by atoms with van der Waals surface area (Å²) < 4.78 is 5.55. The number of aldehydes is 2. The average molecular weight is 359 g/mol. The number of carbonyl (C=O) groups excluding carboxylic acids is 3. The number of ether oxygens (including phenoxy) is 1. The van der Waals surface area contributed by atoms with Crippen molar-refractivity contribution in [2.75, 3.05) is 5.75 Å². The molecule has 0 saturated heterocycles. The van der Waals surface area contributed by atoms with Gasteiger partial charge in [0.25, 0.3) is 5.91 Å². The first-order valence-electron chi connectivity index (χ1n) is 7.45. The Labute approximate surface area is 150 Å². The van der Waals surface area contributed by atoms with E-state index in [9.17, 15) is 19.5 Å². The zero-order valence-electron chi connectivity index (χ0n) is 13.2. The molecular weight excluding hydrogens is 342 g/mol. The Kier molecular flexibility index (Phi) is 6.59. The Morgan fingerprint density at radius 2 is 1.92 bits per heavy atom. The summed E-state index contributed by atoms with van der Waals surface area (Å²) in [6.45, 7) is 0.166. The van der Waals surface area contributed by atoms with Gasteiger partial charge in [0.2, 0.25) is 0 Å². The number of amides is 1. The summed E-state index contributed by atoms with van der Waals surface area (Å²) in [5, 5.41) is 12.2. The Morgan fingerprint density at radius 1 is 1.20 bits per heavy atom. The van der Waals surface area contributed by atoms with Crippen molar-refractivity contribution in [3.63, 3.8) is 0 Å². The molecule has 0 aromatic heterocycles. The molecule has 2 N–H and O–H groups in total. The number of phenols is 1. The van der Waals surface area contributed by atoms with Gasteiger partial charge in [0, 0.05) is 11.3 Å². The summed E-state index contributed by atoms with van der Waals surface area (Å²) in [5.41, 5.74) is 1.27. The van der Waals surface area contributed by atoms with Crippen LogP contribution in [0.1, 0.15) is 26.3 Å². The highest BCUT2D eigenvalue weighted by Gasteiger charge is 2.12. The van der Waals surface area contributed by atoms with E-state index in [1.807, 2.05) is 0 Å². The second kappa shape index (κ2) is 8.89. The zero-order valence-corrected chi connectivity index (χ0v) is 14.1. The van der Waals surface area contributed by atoms with Gasteiger partial charge in [0.1, 0.15) is 24.4 Å². The van der Waals surface area contributed by atoms with E-state index in [2.05, 4.69) is 17.9 Å². The molecule has 130 valence electrons. The number of thiol groups is 1. The first-order chi connectivity index (χ1) is 12.1. The molecule has 7 heteroatoms. The van der Waals surface area contributed by atoms with Crippen LogP contribution in [0.3, 0.4) is 0 Å². The van der Waals surface area contributed by atoms with Crippen LogP contribution in [0.5, 0.6) is 11.5 Å². The molecule has 2 aromatic rings. The molecule has 0 aliphatic rings. The van der Waals surface area contributed by atoms with Crippen LogP contribution in [-0.2, 0) is 11.4 Å². The molecule has 0 radical (unpaired) electrons. The predicted octanol–water partition coefficient (Wildman–Crippen LogP) is 2.01. The van der Waals surface area contributed by atoms with E-state index < -0.39 is 6.04 Å². The third kappa shape index (κ3) is 4.84. The molecular formula is C18H17NO5S. The molecule has 1 amide bonds. The number of hydrogen-bond acceptors (Lipinski definition) is 6. The maximum absolute atomic E-state index is 12.0. The van der Waals surface area contributed by atoms with Crippen molar-refractivity contribution in [1.29, 1.82) is 0 Å². The van der Waals surface area contributed by atoms with Gasteiger partial charge in [-0.05, 0) is 29.8 Å². The van der Waals surface area contributed by atoms with E-state index >= 15 is 0 Å². The molecule has 0 bridgehead atoms. The van der Waals surface area contributed by atoms with Crippen molar-refractivity contribution in [2.45, 2.75) is 12.6 Å². The van der Waals surface area contributed by atoms with Crippen LogP contribution in [0.4, 0.5) is 0 Å². The van der Waals surface area contributed by atoms with E-state index in [0.717, 1.165) is 5.56 Å². The minimum absolute atomic E-state index is 0.0881. The van der Waals surface area contributed by atoms with Crippen LogP contribution < -0.4 is 10.1 Å². The lowest BCUT2D eigenvalue weighted by atomic mass is 10.1. The Morgan fingerprint density at radius 3 is 2.52 bits per heavy atom. The lowest BCUT2D eigenvalue weighted by Gasteiger charge is -2.11. The van der Waals surface area contributed by atoms with Gasteiger partial charge in [-0.3, -0.25) is 9.59 Å². The standard InChI is InChI=1S/C18H17NO5S/c20-8-14(11-25)19-18(23)13-6-4-12(5-7-13)10-24-17-3-1-2-16(22)15(17)9-21/h1-9,14,22,25H,10-11H2,(H,19,23)/t14-/m1/s1. The van der Waals surface area contributed by atoms with Crippen molar-refractivity contribution in [2.24, 2.45) is 0 Å². The van der Waals surface area contributed by atoms with Crippen LogP contribution in [-0.4, -0.2) is 35.4 Å². The van der Waals surface area contributed by atoms with Crippen molar-refractivity contribution >= 4 is 31.1 Å². The number of aromatic hydroxyl groups is 1. The highest BCUT2D eigenvalue weighted by Crippen LogP contribution is 2.26. The van der Waals surface area contributed by atoms with Crippen LogP contribution in [0.25, 0.3) is 0 Å². The Hall–Kier alpha value is -2.80. The van der Waals surface area contributed by atoms with E-state index in [1.165, 1.54) is 6.07 Å². The van der Waals surface area contributed by atoms with Crippen LogP contribution >= 0.6 is 12.6 Å². The van der Waals surface area contributed by atoms with E-state index in [0.29, 0.717) is 18.1 Å². The van der Waals surface area contributed by atoms with Gasteiger partial charge in [0.15, 0.2) is 6.29 Å². The summed E-state index contributed by atoms with van der Waals surface area (Å²) in [4.78, 5) is 33.7. The molecule has 6 nitrogen and oxygen atoms in total. The van der Waals surface area contributed by atoms with Gasteiger partial charge in [0.05, 0.1) is 11.6 Å². The topological polar surface area (TPSA) is 92.7 Å². The Balaban J connectivity index is 2.01. The first-order valence-corrected chi connectivity index (χ1v) is 8.08. The molecule has 2 rings (SSSR count). The summed E-state index contributed by atoms with van der Waals surface area (Å²) in [6.07, 6.45) is 1.16. The van der Waals surface area contributed by atoms with E-state index in [-0.39, 0.29) is 35.3 Å². The summed E-state index contributed by atoms with van der Waals surface area (Å²) in [6, 6.07) is 10.6. The van der Waals surface area contributed by atoms with Crippen LogP contribution in [0, 0.1) is 0 Å². The molecule has 0 saturated carbocycles. The highest BCUT2D eigenvalue weighted by molar-refractivity contribution is 7.80. The maximum atomic E-state index is 12.0. The third-order valence-corrected chi connectivity index (χ3v) is 3.84. The van der Waals surface area contributed by atoms with E-state index in [1.54, 1.807) is 36.4 Å². The second-order valence-corrected chi connectivity index (χ2v) is 5.56. The van der Waals surface area contributed by atoms with Crippen molar-refractivity contribution < 1.29 is 24.2 Å². The highest BCUT2D eigenvalue weighted by atomic mass is 32.1. The molecule has 2 aromatic carbocycles. The molecule has 1 atom stereocenters. The van der Waals surface area contributed by atoms with Crippen LogP contribution in [0.2, 0.25) is 0 Å². The number of carbonyl (C=O) groups is 3. The smallest absolute Gasteiger partial charge is 0.251 e. The molecule has 0 fully saturated rings. The van der Waals surface area contributed by atoms with Gasteiger partial charge in [-0.2, -0.15) is 12.6 Å². The molecule has 0 unspecified atom stereocenters. The molecule has 0 heterocycles. The zero-order chi connectivity index (χ0) is 18.2. The SMILES string of the molecule is O=Cc1c(O)cccc1OCc1ccc(C(=O)N[C@H](C=O)CS)cc1. The molecule has 0 aliphatic carbocycles. The minimum atomic E-state index is -0.633. The third-order valence-electron chi connectivity index (χ3n) is 3.45.